The molecule has 0 unspecified atom stereocenters. The van der Waals surface area contributed by atoms with E-state index in [0.717, 1.165) is 22.3 Å². The number of thioether (sulfide) groups is 1. The molecule has 1 heterocycles. The van der Waals surface area contributed by atoms with E-state index >= 15 is 0 Å². The number of rotatable bonds is 3. The number of thiocyanates is 1. The first kappa shape index (κ1) is 11.7. The van der Waals surface area contributed by atoms with Gasteiger partial charge in [0.15, 0.2) is 0 Å². The molecule has 0 aliphatic carbocycles. The third-order valence-corrected chi connectivity index (χ3v) is 3.49. The summed E-state index contributed by atoms with van der Waals surface area (Å²) in [7, 11) is 0. The number of hydrogen-bond donors (Lipinski definition) is 1. The number of nitrogens with one attached hydrogen (secondary N) is 1. The number of nitriles is 1. The lowest BCUT2D eigenvalue weighted by atomic mass is 10.3. The van der Waals surface area contributed by atoms with E-state index in [1.165, 1.54) is 11.3 Å². The second kappa shape index (κ2) is 5.53. The third kappa shape index (κ3) is 3.09. The molecule has 0 bridgehead atoms. The first-order valence-corrected chi connectivity index (χ1v) is 6.50. The Morgan fingerprint density at radius 3 is 2.65 bits per heavy atom. The molecule has 1 aromatic carbocycles. The summed E-state index contributed by atoms with van der Waals surface area (Å²) in [6, 6.07) is 10.8. The third-order valence-electron chi connectivity index (χ3n) is 2.02. The van der Waals surface area contributed by atoms with Gasteiger partial charge in [-0.2, -0.15) is 5.26 Å². The monoisotopic (exact) mass is 260 g/mol. The SMILES string of the molecule is N#CSc1ccc(NC(=O)c2cccs2)cc1. The van der Waals surface area contributed by atoms with Crippen LogP contribution in [-0.4, -0.2) is 5.91 Å². The van der Waals surface area contributed by atoms with Crippen molar-refractivity contribution < 1.29 is 4.79 Å². The fourth-order valence-electron chi connectivity index (χ4n) is 1.26. The van der Waals surface area contributed by atoms with Gasteiger partial charge in [-0.25, -0.2) is 0 Å². The Morgan fingerprint density at radius 1 is 1.29 bits per heavy atom. The van der Waals surface area contributed by atoms with Gasteiger partial charge >= 0.3 is 0 Å². The number of carbonyl (C=O) groups is 1. The Balaban J connectivity index is 2.05. The Hall–Kier alpha value is -1.77. The van der Waals surface area contributed by atoms with Gasteiger partial charge in [0.2, 0.25) is 0 Å². The number of thiophene rings is 1. The molecule has 1 amide bonds. The predicted molar refractivity (Wildman–Crippen MR) is 70.2 cm³/mol. The highest BCUT2D eigenvalue weighted by Gasteiger charge is 2.06. The second-order valence-electron chi connectivity index (χ2n) is 3.15. The average Bonchev–Trinajstić information content (AvgIpc) is 2.86. The molecule has 0 aliphatic heterocycles. The van der Waals surface area contributed by atoms with Gasteiger partial charge in [-0.15, -0.1) is 11.3 Å². The number of benzene rings is 1. The largest absolute Gasteiger partial charge is 0.321 e. The summed E-state index contributed by atoms with van der Waals surface area (Å²) in [4.78, 5) is 13.3. The van der Waals surface area contributed by atoms with Gasteiger partial charge < -0.3 is 5.32 Å². The quantitative estimate of drug-likeness (QED) is 0.678. The highest BCUT2D eigenvalue weighted by atomic mass is 32.2. The van der Waals surface area contributed by atoms with E-state index in [9.17, 15) is 4.79 Å². The summed E-state index contributed by atoms with van der Waals surface area (Å²) in [6.45, 7) is 0. The molecule has 0 radical (unpaired) electrons. The summed E-state index contributed by atoms with van der Waals surface area (Å²) in [5, 5.41) is 15.2. The van der Waals surface area contributed by atoms with Gasteiger partial charge in [0.25, 0.3) is 5.91 Å². The van der Waals surface area contributed by atoms with E-state index in [1.54, 1.807) is 30.3 Å². The van der Waals surface area contributed by atoms with Crippen molar-refractivity contribution in [2.75, 3.05) is 5.32 Å². The summed E-state index contributed by atoms with van der Waals surface area (Å²) in [5.74, 6) is -0.110. The molecular weight excluding hydrogens is 252 g/mol. The number of amides is 1. The maximum absolute atomic E-state index is 11.7. The molecule has 0 aliphatic rings. The minimum absolute atomic E-state index is 0.110. The van der Waals surface area contributed by atoms with Crippen LogP contribution in [0, 0.1) is 10.7 Å². The normalized spacial score (nSPS) is 9.59. The maximum Gasteiger partial charge on any atom is 0.265 e. The van der Waals surface area contributed by atoms with Crippen LogP contribution < -0.4 is 5.32 Å². The second-order valence-corrected chi connectivity index (χ2v) is 4.95. The van der Waals surface area contributed by atoms with E-state index < -0.39 is 0 Å². The Bertz CT molecular complexity index is 541. The molecule has 17 heavy (non-hydrogen) atoms. The van der Waals surface area contributed by atoms with Crippen LogP contribution in [0.25, 0.3) is 0 Å². The molecule has 1 aromatic heterocycles. The van der Waals surface area contributed by atoms with Crippen LogP contribution >= 0.6 is 23.1 Å². The maximum atomic E-state index is 11.7. The van der Waals surface area contributed by atoms with Crippen LogP contribution in [-0.2, 0) is 0 Å². The standard InChI is InChI=1S/C12H8N2OS2/c13-8-17-10-5-3-9(4-6-10)14-12(15)11-2-1-7-16-11/h1-7H,(H,14,15). The van der Waals surface area contributed by atoms with Gasteiger partial charge in [-0.1, -0.05) is 6.07 Å². The zero-order valence-electron chi connectivity index (χ0n) is 8.71. The molecular formula is C12H8N2OS2. The lowest BCUT2D eigenvalue weighted by Crippen LogP contribution is -2.09. The van der Waals surface area contributed by atoms with Gasteiger partial charge in [-0.05, 0) is 47.5 Å². The van der Waals surface area contributed by atoms with Gasteiger partial charge in [0, 0.05) is 10.6 Å². The van der Waals surface area contributed by atoms with Gasteiger partial charge in [-0.3, -0.25) is 4.79 Å². The smallest absolute Gasteiger partial charge is 0.265 e. The van der Waals surface area contributed by atoms with Crippen molar-refractivity contribution >= 4 is 34.7 Å². The van der Waals surface area contributed by atoms with E-state index in [4.69, 9.17) is 5.26 Å². The lowest BCUT2D eigenvalue weighted by Gasteiger charge is -2.03. The van der Waals surface area contributed by atoms with Crippen molar-refractivity contribution in [3.8, 4) is 5.40 Å². The predicted octanol–water partition coefficient (Wildman–Crippen LogP) is 3.57. The van der Waals surface area contributed by atoms with Crippen LogP contribution in [0.15, 0.2) is 46.7 Å². The topological polar surface area (TPSA) is 52.9 Å². The van der Waals surface area contributed by atoms with Crippen molar-refractivity contribution in [1.82, 2.24) is 0 Å². The lowest BCUT2D eigenvalue weighted by molar-refractivity contribution is 0.103. The summed E-state index contributed by atoms with van der Waals surface area (Å²) < 4.78 is 0. The van der Waals surface area contributed by atoms with E-state index in [1.807, 2.05) is 16.8 Å². The molecule has 2 rings (SSSR count). The number of anilines is 1. The Morgan fingerprint density at radius 2 is 2.06 bits per heavy atom. The van der Waals surface area contributed by atoms with Crippen molar-refractivity contribution in [3.05, 3.63) is 46.7 Å². The summed E-state index contributed by atoms with van der Waals surface area (Å²) in [6.07, 6.45) is 0. The molecule has 3 nitrogen and oxygen atoms in total. The zero-order valence-corrected chi connectivity index (χ0v) is 10.3. The van der Waals surface area contributed by atoms with Gasteiger partial charge in [0.1, 0.15) is 5.40 Å². The van der Waals surface area contributed by atoms with Gasteiger partial charge in [0.05, 0.1) is 4.88 Å². The Labute approximate surface area is 107 Å². The van der Waals surface area contributed by atoms with Crippen LogP contribution in [0.2, 0.25) is 0 Å². The number of carbonyl (C=O) groups excluding carboxylic acids is 1. The molecule has 0 saturated heterocycles. The summed E-state index contributed by atoms with van der Waals surface area (Å²) in [5.41, 5.74) is 0.727. The highest BCUT2D eigenvalue weighted by Crippen LogP contribution is 2.19. The Kier molecular flexibility index (Phi) is 3.81. The fourth-order valence-corrected chi connectivity index (χ4v) is 2.26. The van der Waals surface area contributed by atoms with Crippen LogP contribution in [0.4, 0.5) is 5.69 Å². The van der Waals surface area contributed by atoms with E-state index in [0.29, 0.717) is 4.88 Å². The highest BCUT2D eigenvalue weighted by molar-refractivity contribution is 8.03. The first-order chi connectivity index (χ1) is 8.29. The molecule has 0 fully saturated rings. The molecule has 1 N–H and O–H groups in total. The van der Waals surface area contributed by atoms with Crippen LogP contribution in [0.1, 0.15) is 9.67 Å². The number of hydrogen-bond acceptors (Lipinski definition) is 4. The number of nitrogens with zero attached hydrogens (tertiary/aromatic N) is 1. The van der Waals surface area contributed by atoms with Crippen LogP contribution in [0.5, 0.6) is 0 Å². The minimum Gasteiger partial charge on any atom is -0.321 e. The molecule has 0 atom stereocenters. The molecule has 0 spiro atoms. The average molecular weight is 260 g/mol. The zero-order chi connectivity index (χ0) is 12.1. The van der Waals surface area contributed by atoms with E-state index in [2.05, 4.69) is 5.32 Å². The van der Waals surface area contributed by atoms with Crippen molar-refractivity contribution in [2.24, 2.45) is 0 Å². The van der Waals surface area contributed by atoms with E-state index in [-0.39, 0.29) is 5.91 Å². The minimum atomic E-state index is -0.110. The van der Waals surface area contributed by atoms with Crippen molar-refractivity contribution in [2.45, 2.75) is 4.90 Å². The summed E-state index contributed by atoms with van der Waals surface area (Å²) >= 11 is 2.50. The van der Waals surface area contributed by atoms with Crippen molar-refractivity contribution in [1.29, 1.82) is 5.26 Å². The first-order valence-electron chi connectivity index (χ1n) is 4.80. The molecule has 2 aromatic rings. The molecule has 5 heteroatoms. The molecule has 84 valence electrons. The molecule has 0 saturated carbocycles. The fraction of sp³-hybridized carbons (Fsp3) is 0. The van der Waals surface area contributed by atoms with Crippen LogP contribution in [0.3, 0.4) is 0 Å². The van der Waals surface area contributed by atoms with Crippen molar-refractivity contribution in [3.63, 3.8) is 0 Å².